The average molecular weight is 363 g/mol. The first-order chi connectivity index (χ1) is 11.7. The molecule has 0 aromatic carbocycles. The molecule has 0 spiro atoms. The van der Waals surface area contributed by atoms with Crippen molar-refractivity contribution in [3.05, 3.63) is 34.0 Å². The normalized spacial score (nSPS) is 16.0. The molecule has 2 aromatic rings. The highest BCUT2D eigenvalue weighted by atomic mass is 32.1. The Morgan fingerprint density at radius 2 is 2.00 bits per heavy atom. The molecule has 0 atom stereocenters. The fourth-order valence-electron chi connectivity index (χ4n) is 2.84. The van der Waals surface area contributed by atoms with Crippen molar-refractivity contribution in [1.29, 1.82) is 0 Å². The Hall–Kier alpha value is -1.80. The van der Waals surface area contributed by atoms with Crippen molar-refractivity contribution in [3.63, 3.8) is 0 Å². The number of nitrogens with zero attached hydrogens (tertiary/aromatic N) is 6. The Labute approximate surface area is 152 Å². The molecular formula is C17H26N6OS. The summed E-state index contributed by atoms with van der Waals surface area (Å²) in [7, 11) is 3.95. The summed E-state index contributed by atoms with van der Waals surface area (Å²) in [6.45, 7) is 9.67. The second kappa shape index (κ2) is 6.84. The molecule has 3 rings (SSSR count). The van der Waals surface area contributed by atoms with Crippen LogP contribution < -0.4 is 10.5 Å². The summed E-state index contributed by atoms with van der Waals surface area (Å²) >= 11 is 1.43. The molecule has 3 heterocycles. The first kappa shape index (κ1) is 18.0. The van der Waals surface area contributed by atoms with Crippen molar-refractivity contribution in [2.45, 2.75) is 39.3 Å². The molecule has 0 unspecified atom stereocenters. The Morgan fingerprint density at radius 1 is 1.28 bits per heavy atom. The van der Waals surface area contributed by atoms with Gasteiger partial charge in [-0.25, -0.2) is 9.67 Å². The highest BCUT2D eigenvalue weighted by molar-refractivity contribution is 7.09. The predicted molar refractivity (Wildman–Crippen MR) is 100 cm³/mol. The minimum atomic E-state index is -0.0540. The van der Waals surface area contributed by atoms with Gasteiger partial charge < -0.3 is 4.90 Å². The lowest BCUT2D eigenvalue weighted by Crippen LogP contribution is -2.49. The van der Waals surface area contributed by atoms with Crippen LogP contribution in [0.25, 0.3) is 0 Å². The van der Waals surface area contributed by atoms with Crippen molar-refractivity contribution in [1.82, 2.24) is 24.0 Å². The van der Waals surface area contributed by atoms with Gasteiger partial charge in [0.2, 0.25) is 5.13 Å². The van der Waals surface area contributed by atoms with Crippen LogP contribution in [0.2, 0.25) is 0 Å². The number of hydrogen-bond acceptors (Lipinski definition) is 7. The Balaban J connectivity index is 1.56. The molecule has 7 nitrogen and oxygen atoms in total. The number of likely N-dealkylation sites (tertiary alicyclic amines) is 1. The van der Waals surface area contributed by atoms with Gasteiger partial charge >= 0.3 is 0 Å². The van der Waals surface area contributed by atoms with E-state index in [1.807, 2.05) is 25.1 Å². The SMILES string of the molecule is CN(C)c1nc(CN2CC(Cn3nc(C(C)(C)C)ccc3=O)C2)ns1. The van der Waals surface area contributed by atoms with E-state index in [0.717, 1.165) is 36.3 Å². The first-order valence-electron chi connectivity index (χ1n) is 8.53. The van der Waals surface area contributed by atoms with Gasteiger partial charge in [-0.2, -0.15) is 9.47 Å². The van der Waals surface area contributed by atoms with E-state index in [9.17, 15) is 4.79 Å². The van der Waals surface area contributed by atoms with E-state index in [0.29, 0.717) is 12.5 Å². The third kappa shape index (κ3) is 4.24. The van der Waals surface area contributed by atoms with Gasteiger partial charge in [0.15, 0.2) is 5.82 Å². The zero-order valence-electron chi connectivity index (χ0n) is 15.6. The number of rotatable bonds is 5. The fraction of sp³-hybridized carbons (Fsp3) is 0.647. The molecule has 1 aliphatic heterocycles. The van der Waals surface area contributed by atoms with Crippen molar-refractivity contribution >= 4 is 16.7 Å². The Bertz CT molecular complexity index is 785. The van der Waals surface area contributed by atoms with Crippen LogP contribution in [0.5, 0.6) is 0 Å². The quantitative estimate of drug-likeness (QED) is 0.805. The lowest BCUT2D eigenvalue weighted by atomic mass is 9.92. The molecule has 0 amide bonds. The molecule has 2 aromatic heterocycles. The Morgan fingerprint density at radius 3 is 2.60 bits per heavy atom. The average Bonchev–Trinajstić information content (AvgIpc) is 2.94. The zero-order valence-corrected chi connectivity index (χ0v) is 16.4. The molecule has 1 saturated heterocycles. The topological polar surface area (TPSA) is 67.2 Å². The van der Waals surface area contributed by atoms with Gasteiger partial charge in [0, 0.05) is 56.1 Å². The molecule has 136 valence electrons. The molecule has 0 aliphatic carbocycles. The van der Waals surface area contributed by atoms with Crippen LogP contribution >= 0.6 is 11.5 Å². The summed E-state index contributed by atoms with van der Waals surface area (Å²) in [5.41, 5.74) is 0.871. The second-order valence-corrected chi connectivity index (χ2v) is 8.67. The van der Waals surface area contributed by atoms with Crippen LogP contribution in [0.15, 0.2) is 16.9 Å². The lowest BCUT2D eigenvalue weighted by Gasteiger charge is -2.38. The minimum absolute atomic E-state index is 0.0248. The third-order valence-electron chi connectivity index (χ3n) is 4.30. The molecule has 0 saturated carbocycles. The number of aromatic nitrogens is 4. The van der Waals surface area contributed by atoms with Gasteiger partial charge in [-0.15, -0.1) is 0 Å². The van der Waals surface area contributed by atoms with Crippen LogP contribution in [0, 0.1) is 5.92 Å². The van der Waals surface area contributed by atoms with Gasteiger partial charge in [-0.05, 0) is 6.07 Å². The lowest BCUT2D eigenvalue weighted by molar-refractivity contribution is 0.0741. The van der Waals surface area contributed by atoms with Crippen molar-refractivity contribution < 1.29 is 0 Å². The van der Waals surface area contributed by atoms with Crippen LogP contribution in [-0.4, -0.2) is 51.2 Å². The van der Waals surface area contributed by atoms with Crippen molar-refractivity contribution in [3.8, 4) is 0 Å². The summed E-state index contributed by atoms with van der Waals surface area (Å²) in [5, 5.41) is 5.49. The zero-order chi connectivity index (χ0) is 18.2. The molecular weight excluding hydrogens is 336 g/mol. The molecule has 1 aliphatic rings. The van der Waals surface area contributed by atoms with Gasteiger partial charge in [0.1, 0.15) is 0 Å². The molecule has 0 radical (unpaired) electrons. The summed E-state index contributed by atoms with van der Waals surface area (Å²) in [5.74, 6) is 1.32. The van der Waals surface area contributed by atoms with E-state index in [2.05, 4.69) is 40.1 Å². The monoisotopic (exact) mass is 362 g/mol. The maximum Gasteiger partial charge on any atom is 0.266 e. The standard InChI is InChI=1S/C17H26N6OS/c1-17(2,3)13-6-7-15(24)23(19-13)10-12-8-22(9-12)11-14-18-16(21(4)5)25-20-14/h6-7,12H,8-11H2,1-5H3. The highest BCUT2D eigenvalue weighted by Gasteiger charge is 2.29. The molecule has 25 heavy (non-hydrogen) atoms. The summed E-state index contributed by atoms with van der Waals surface area (Å²) < 4.78 is 6.02. The van der Waals surface area contributed by atoms with Crippen LogP contribution in [0.1, 0.15) is 32.3 Å². The molecule has 8 heteroatoms. The van der Waals surface area contributed by atoms with Crippen LogP contribution in [0.3, 0.4) is 0 Å². The van der Waals surface area contributed by atoms with Crippen LogP contribution in [0.4, 0.5) is 5.13 Å². The van der Waals surface area contributed by atoms with E-state index in [4.69, 9.17) is 0 Å². The maximum absolute atomic E-state index is 12.1. The smallest absolute Gasteiger partial charge is 0.266 e. The van der Waals surface area contributed by atoms with Gasteiger partial charge in [-0.1, -0.05) is 20.8 Å². The van der Waals surface area contributed by atoms with Gasteiger partial charge in [0.05, 0.1) is 18.8 Å². The fourth-order valence-corrected chi connectivity index (χ4v) is 3.43. The number of anilines is 1. The minimum Gasteiger partial charge on any atom is -0.353 e. The summed E-state index contributed by atoms with van der Waals surface area (Å²) in [6, 6.07) is 3.47. The van der Waals surface area contributed by atoms with E-state index >= 15 is 0 Å². The predicted octanol–water partition coefficient (Wildman–Crippen LogP) is 1.59. The summed E-state index contributed by atoms with van der Waals surface area (Å²) in [4.78, 5) is 20.9. The highest BCUT2D eigenvalue weighted by Crippen LogP contribution is 2.22. The largest absolute Gasteiger partial charge is 0.353 e. The second-order valence-electron chi connectivity index (χ2n) is 7.94. The Kier molecular flexibility index (Phi) is 4.92. The third-order valence-corrected chi connectivity index (χ3v) is 5.23. The van der Waals surface area contributed by atoms with E-state index in [-0.39, 0.29) is 11.0 Å². The van der Waals surface area contributed by atoms with Crippen LogP contribution in [-0.2, 0) is 18.5 Å². The summed E-state index contributed by atoms with van der Waals surface area (Å²) in [6.07, 6.45) is 0. The molecule has 0 N–H and O–H groups in total. The van der Waals surface area contributed by atoms with Gasteiger partial charge in [0.25, 0.3) is 5.56 Å². The molecule has 1 fully saturated rings. The molecule has 0 bridgehead atoms. The maximum atomic E-state index is 12.1. The van der Waals surface area contributed by atoms with E-state index in [1.54, 1.807) is 10.7 Å². The van der Waals surface area contributed by atoms with Crippen molar-refractivity contribution in [2.24, 2.45) is 5.92 Å². The van der Waals surface area contributed by atoms with E-state index < -0.39 is 0 Å². The van der Waals surface area contributed by atoms with Gasteiger partial charge in [-0.3, -0.25) is 9.69 Å². The van der Waals surface area contributed by atoms with Crippen molar-refractivity contribution in [2.75, 3.05) is 32.1 Å². The van der Waals surface area contributed by atoms with E-state index in [1.165, 1.54) is 11.5 Å². The number of hydrogen-bond donors (Lipinski definition) is 0. The first-order valence-corrected chi connectivity index (χ1v) is 9.30.